The van der Waals surface area contributed by atoms with Crippen LogP contribution in [0.4, 0.5) is 5.69 Å². The van der Waals surface area contributed by atoms with Gasteiger partial charge in [0.05, 0.1) is 6.61 Å². The summed E-state index contributed by atoms with van der Waals surface area (Å²) < 4.78 is 5.17. The van der Waals surface area contributed by atoms with Crippen molar-refractivity contribution in [2.24, 2.45) is 5.73 Å². The minimum Gasteiger partial charge on any atom is -0.383 e. The van der Waals surface area contributed by atoms with Crippen molar-refractivity contribution in [1.82, 2.24) is 0 Å². The van der Waals surface area contributed by atoms with Gasteiger partial charge < -0.3 is 15.4 Å². The molecule has 1 atom stereocenters. The van der Waals surface area contributed by atoms with Crippen LogP contribution < -0.4 is 10.6 Å². The smallest absolute Gasteiger partial charge is 0.0663 e. The Morgan fingerprint density at radius 2 is 2.12 bits per heavy atom. The Bertz CT molecular complexity index is 339. The number of benzene rings is 1. The van der Waals surface area contributed by atoms with Gasteiger partial charge in [-0.05, 0) is 31.0 Å². The van der Waals surface area contributed by atoms with Gasteiger partial charge in [0.2, 0.25) is 0 Å². The number of nitrogens with two attached hydrogens (primary N) is 1. The molecule has 0 aliphatic carbocycles. The highest BCUT2D eigenvalue weighted by atomic mass is 16.5. The van der Waals surface area contributed by atoms with E-state index in [1.807, 2.05) is 0 Å². The van der Waals surface area contributed by atoms with E-state index < -0.39 is 0 Å². The molecule has 0 aromatic heterocycles. The molecule has 0 saturated heterocycles. The fourth-order valence-corrected chi connectivity index (χ4v) is 1.83. The third-order valence-electron chi connectivity index (χ3n) is 2.95. The van der Waals surface area contributed by atoms with Crippen molar-refractivity contribution in [2.75, 3.05) is 25.7 Å². The van der Waals surface area contributed by atoms with Gasteiger partial charge in [0.1, 0.15) is 0 Å². The van der Waals surface area contributed by atoms with Crippen LogP contribution in [0, 0.1) is 6.92 Å². The molecule has 0 heterocycles. The molecule has 0 spiro atoms. The average molecular weight is 222 g/mol. The molecule has 1 aromatic rings. The van der Waals surface area contributed by atoms with E-state index in [4.69, 9.17) is 10.5 Å². The van der Waals surface area contributed by atoms with Gasteiger partial charge in [-0.3, -0.25) is 0 Å². The molecule has 3 heteroatoms. The molecule has 1 aromatic carbocycles. The molecule has 0 amide bonds. The minimum atomic E-state index is 0.368. The maximum atomic E-state index is 5.62. The molecule has 1 unspecified atom stereocenters. The van der Waals surface area contributed by atoms with E-state index in [1.54, 1.807) is 7.11 Å². The van der Waals surface area contributed by atoms with Gasteiger partial charge >= 0.3 is 0 Å². The Hall–Kier alpha value is -1.06. The Balaban J connectivity index is 2.87. The first-order valence-electron chi connectivity index (χ1n) is 5.61. The first-order chi connectivity index (χ1) is 7.60. The maximum Gasteiger partial charge on any atom is 0.0663 e. The Kier molecular flexibility index (Phi) is 4.77. The van der Waals surface area contributed by atoms with E-state index in [9.17, 15) is 0 Å². The van der Waals surface area contributed by atoms with Crippen molar-refractivity contribution >= 4 is 5.69 Å². The highest BCUT2D eigenvalue weighted by Crippen LogP contribution is 2.21. The van der Waals surface area contributed by atoms with E-state index in [-0.39, 0.29) is 0 Å². The molecule has 3 nitrogen and oxygen atoms in total. The Morgan fingerprint density at radius 3 is 2.62 bits per heavy atom. The lowest BCUT2D eigenvalue weighted by Gasteiger charge is -2.28. The number of ether oxygens (including phenoxy) is 1. The van der Waals surface area contributed by atoms with Crippen LogP contribution in [-0.2, 0) is 11.3 Å². The van der Waals surface area contributed by atoms with E-state index in [1.165, 1.54) is 16.8 Å². The van der Waals surface area contributed by atoms with Crippen molar-refractivity contribution in [3.8, 4) is 0 Å². The summed E-state index contributed by atoms with van der Waals surface area (Å²) in [5.41, 5.74) is 9.29. The molecular formula is C13H22N2O. The average Bonchev–Trinajstić information content (AvgIpc) is 2.28. The summed E-state index contributed by atoms with van der Waals surface area (Å²) in [5, 5.41) is 0. The monoisotopic (exact) mass is 222 g/mol. The molecule has 1 rings (SSSR count). The third kappa shape index (κ3) is 2.97. The van der Waals surface area contributed by atoms with Gasteiger partial charge in [0.15, 0.2) is 0 Å². The van der Waals surface area contributed by atoms with Gasteiger partial charge in [-0.25, -0.2) is 0 Å². The zero-order chi connectivity index (χ0) is 12.1. The van der Waals surface area contributed by atoms with E-state index in [0.29, 0.717) is 12.6 Å². The molecule has 0 aliphatic rings. The largest absolute Gasteiger partial charge is 0.383 e. The summed E-state index contributed by atoms with van der Waals surface area (Å²) in [6.45, 7) is 5.59. The first kappa shape index (κ1) is 13.0. The predicted molar refractivity (Wildman–Crippen MR) is 68.8 cm³/mol. The van der Waals surface area contributed by atoms with Crippen LogP contribution in [0.25, 0.3) is 0 Å². The minimum absolute atomic E-state index is 0.368. The highest BCUT2D eigenvalue weighted by Gasteiger charge is 2.11. The summed E-state index contributed by atoms with van der Waals surface area (Å²) in [6, 6.07) is 6.72. The quantitative estimate of drug-likeness (QED) is 0.827. The number of nitrogens with zero attached hydrogens (tertiary/aromatic N) is 1. The third-order valence-corrected chi connectivity index (χ3v) is 2.95. The highest BCUT2D eigenvalue weighted by molar-refractivity contribution is 5.54. The number of likely N-dealkylation sites (N-methyl/N-ethyl adjacent to an activating group) is 1. The molecule has 0 aliphatic heterocycles. The fourth-order valence-electron chi connectivity index (χ4n) is 1.83. The molecule has 0 fully saturated rings. The number of methoxy groups -OCH3 is 1. The molecular weight excluding hydrogens is 200 g/mol. The molecule has 0 radical (unpaired) electrons. The van der Waals surface area contributed by atoms with Gasteiger partial charge in [0, 0.05) is 32.4 Å². The summed E-state index contributed by atoms with van der Waals surface area (Å²) in [4.78, 5) is 2.24. The molecule has 16 heavy (non-hydrogen) atoms. The van der Waals surface area contributed by atoms with E-state index in [2.05, 4.69) is 44.0 Å². The van der Waals surface area contributed by atoms with E-state index in [0.717, 1.165) is 6.61 Å². The second kappa shape index (κ2) is 5.87. The van der Waals surface area contributed by atoms with Gasteiger partial charge in [-0.2, -0.15) is 0 Å². The lowest BCUT2D eigenvalue weighted by molar-refractivity contribution is 0.183. The lowest BCUT2D eigenvalue weighted by Crippen LogP contribution is -2.33. The zero-order valence-corrected chi connectivity index (χ0v) is 10.7. The van der Waals surface area contributed by atoms with Crippen molar-refractivity contribution in [3.05, 3.63) is 29.3 Å². The van der Waals surface area contributed by atoms with Crippen molar-refractivity contribution < 1.29 is 4.74 Å². The number of aryl methyl sites for hydroxylation is 1. The van der Waals surface area contributed by atoms with Gasteiger partial charge in [-0.1, -0.05) is 12.1 Å². The van der Waals surface area contributed by atoms with Crippen LogP contribution in [0.5, 0.6) is 0 Å². The normalized spacial score (nSPS) is 12.6. The molecule has 2 N–H and O–H groups in total. The van der Waals surface area contributed by atoms with Crippen LogP contribution in [-0.4, -0.2) is 26.8 Å². The summed E-state index contributed by atoms with van der Waals surface area (Å²) in [7, 11) is 3.82. The Morgan fingerprint density at radius 1 is 1.44 bits per heavy atom. The van der Waals surface area contributed by atoms with Crippen molar-refractivity contribution in [3.63, 3.8) is 0 Å². The van der Waals surface area contributed by atoms with Crippen LogP contribution in [0.3, 0.4) is 0 Å². The van der Waals surface area contributed by atoms with Crippen LogP contribution >= 0.6 is 0 Å². The zero-order valence-electron chi connectivity index (χ0n) is 10.7. The summed E-state index contributed by atoms with van der Waals surface area (Å²) in [6.07, 6.45) is 0. The Labute approximate surface area is 98.2 Å². The van der Waals surface area contributed by atoms with E-state index >= 15 is 0 Å². The van der Waals surface area contributed by atoms with Crippen LogP contribution in [0.15, 0.2) is 18.2 Å². The SMILES string of the molecule is COCC(C)N(C)c1ccc(CN)cc1C. The molecule has 0 saturated carbocycles. The summed E-state index contributed by atoms with van der Waals surface area (Å²) >= 11 is 0. The topological polar surface area (TPSA) is 38.5 Å². The standard InChI is InChI=1S/C13H22N2O/c1-10-7-12(8-14)5-6-13(10)15(3)11(2)9-16-4/h5-7,11H,8-9,14H2,1-4H3. The van der Waals surface area contributed by atoms with Gasteiger partial charge in [0.25, 0.3) is 0 Å². The number of anilines is 1. The number of hydrogen-bond acceptors (Lipinski definition) is 3. The maximum absolute atomic E-state index is 5.62. The van der Waals surface area contributed by atoms with Crippen molar-refractivity contribution in [1.29, 1.82) is 0 Å². The second-order valence-corrected chi connectivity index (χ2v) is 4.24. The van der Waals surface area contributed by atoms with Crippen LogP contribution in [0.1, 0.15) is 18.1 Å². The second-order valence-electron chi connectivity index (χ2n) is 4.24. The van der Waals surface area contributed by atoms with Gasteiger partial charge in [-0.15, -0.1) is 0 Å². The number of hydrogen-bond donors (Lipinski definition) is 1. The summed E-state index contributed by atoms with van der Waals surface area (Å²) in [5.74, 6) is 0. The van der Waals surface area contributed by atoms with Crippen molar-refractivity contribution in [2.45, 2.75) is 26.4 Å². The molecule has 90 valence electrons. The lowest BCUT2D eigenvalue weighted by atomic mass is 10.1. The number of rotatable bonds is 5. The van der Waals surface area contributed by atoms with Crippen LogP contribution in [0.2, 0.25) is 0 Å². The first-order valence-corrected chi connectivity index (χ1v) is 5.61. The fraction of sp³-hybridized carbons (Fsp3) is 0.538. The molecule has 0 bridgehead atoms. The predicted octanol–water partition coefficient (Wildman–Crippen LogP) is 1.92.